The lowest BCUT2D eigenvalue weighted by atomic mass is 10.1. The number of anilines is 2. The van der Waals surface area contributed by atoms with E-state index in [2.05, 4.69) is 32.9 Å². The van der Waals surface area contributed by atoms with Gasteiger partial charge in [0, 0.05) is 16.0 Å². The highest BCUT2D eigenvalue weighted by Gasteiger charge is 2.10. The predicted octanol–water partition coefficient (Wildman–Crippen LogP) is 3.12. The van der Waals surface area contributed by atoms with Crippen molar-refractivity contribution in [2.45, 2.75) is 0 Å². The number of hydrogen-bond donors (Lipinski definition) is 2. The fourth-order valence-electron chi connectivity index (χ4n) is 1.52. The molecular formula is C10H9ClIN3. The average molecular weight is 334 g/mol. The predicted molar refractivity (Wildman–Crippen MR) is 73.4 cm³/mol. The molecule has 1 aromatic heterocycles. The summed E-state index contributed by atoms with van der Waals surface area (Å²) in [6.45, 7) is 0. The minimum atomic E-state index is 0.630. The van der Waals surface area contributed by atoms with Gasteiger partial charge in [0.05, 0.1) is 28.1 Å². The Kier molecular flexibility index (Phi) is 2.88. The van der Waals surface area contributed by atoms with Crippen LogP contribution in [0.4, 0.5) is 11.4 Å². The molecule has 0 radical (unpaired) electrons. The van der Waals surface area contributed by atoms with Crippen LogP contribution >= 0.6 is 34.2 Å². The third-order valence-corrected chi connectivity index (χ3v) is 3.40. The lowest BCUT2D eigenvalue weighted by Crippen LogP contribution is -1.99. The molecule has 0 saturated heterocycles. The largest absolute Gasteiger partial charge is 0.396 e. The van der Waals surface area contributed by atoms with Crippen LogP contribution in [-0.2, 0) is 0 Å². The third kappa shape index (κ3) is 1.72. The number of hydrogen-bond acceptors (Lipinski definition) is 3. The van der Waals surface area contributed by atoms with Gasteiger partial charge in [-0.3, -0.25) is 4.98 Å². The van der Waals surface area contributed by atoms with E-state index in [1.165, 1.54) is 0 Å². The highest BCUT2D eigenvalue weighted by Crippen LogP contribution is 2.34. The Morgan fingerprint density at radius 1 is 1.47 bits per heavy atom. The van der Waals surface area contributed by atoms with Gasteiger partial charge in [0.15, 0.2) is 0 Å². The maximum absolute atomic E-state index is 6.08. The quantitative estimate of drug-likeness (QED) is 0.788. The molecule has 0 saturated carbocycles. The number of benzene rings is 1. The molecule has 1 aromatic carbocycles. The Balaban J connectivity index is 2.96. The Morgan fingerprint density at radius 3 is 2.87 bits per heavy atom. The van der Waals surface area contributed by atoms with Crippen LogP contribution in [0.5, 0.6) is 0 Å². The number of aromatic nitrogens is 1. The van der Waals surface area contributed by atoms with Crippen molar-refractivity contribution < 1.29 is 0 Å². The molecule has 78 valence electrons. The smallest absolute Gasteiger partial charge is 0.0921 e. The van der Waals surface area contributed by atoms with Crippen molar-refractivity contribution in [3.8, 4) is 0 Å². The zero-order valence-electron chi connectivity index (χ0n) is 8.01. The molecule has 0 amide bonds. The molecule has 0 unspecified atom stereocenters. The van der Waals surface area contributed by atoms with E-state index in [1.807, 2.05) is 19.2 Å². The van der Waals surface area contributed by atoms with E-state index in [4.69, 9.17) is 17.3 Å². The van der Waals surface area contributed by atoms with Gasteiger partial charge in [-0.25, -0.2) is 0 Å². The van der Waals surface area contributed by atoms with Crippen molar-refractivity contribution in [1.82, 2.24) is 4.98 Å². The van der Waals surface area contributed by atoms with E-state index in [1.54, 1.807) is 6.20 Å². The number of nitrogen functional groups attached to an aromatic ring is 1. The van der Waals surface area contributed by atoms with Crippen molar-refractivity contribution in [2.24, 2.45) is 0 Å². The minimum Gasteiger partial charge on any atom is -0.396 e. The van der Waals surface area contributed by atoms with Gasteiger partial charge in [0.25, 0.3) is 0 Å². The summed E-state index contributed by atoms with van der Waals surface area (Å²) in [5.74, 6) is 0. The summed E-state index contributed by atoms with van der Waals surface area (Å²) >= 11 is 8.32. The summed E-state index contributed by atoms with van der Waals surface area (Å²) in [5.41, 5.74) is 8.14. The lowest BCUT2D eigenvalue weighted by Gasteiger charge is -2.10. The molecule has 0 aliphatic heterocycles. The molecular weight excluding hydrogens is 324 g/mol. The molecule has 2 aromatic rings. The molecule has 1 heterocycles. The summed E-state index contributed by atoms with van der Waals surface area (Å²) < 4.78 is 1.08. The summed E-state index contributed by atoms with van der Waals surface area (Å²) in [5, 5.41) is 4.70. The molecule has 0 aliphatic rings. The highest BCUT2D eigenvalue weighted by atomic mass is 127. The second kappa shape index (κ2) is 4.02. The topological polar surface area (TPSA) is 50.9 Å². The normalized spacial score (nSPS) is 10.6. The molecule has 3 nitrogen and oxygen atoms in total. The first-order valence-corrected chi connectivity index (χ1v) is 5.80. The lowest BCUT2D eigenvalue weighted by molar-refractivity contribution is 1.39. The second-order valence-electron chi connectivity index (χ2n) is 3.09. The zero-order chi connectivity index (χ0) is 11.0. The van der Waals surface area contributed by atoms with Crippen LogP contribution < -0.4 is 11.1 Å². The number of halogens is 2. The van der Waals surface area contributed by atoms with Crippen LogP contribution in [0.25, 0.3) is 10.9 Å². The van der Waals surface area contributed by atoms with Crippen LogP contribution in [-0.4, -0.2) is 12.0 Å². The van der Waals surface area contributed by atoms with E-state index in [-0.39, 0.29) is 0 Å². The maximum Gasteiger partial charge on any atom is 0.0921 e. The number of rotatable bonds is 1. The first-order valence-electron chi connectivity index (χ1n) is 4.35. The second-order valence-corrected chi connectivity index (χ2v) is 4.66. The SMILES string of the molecule is CNc1c(N)cnc2c(Cl)ccc(I)c12. The van der Waals surface area contributed by atoms with Crippen molar-refractivity contribution in [2.75, 3.05) is 18.1 Å². The van der Waals surface area contributed by atoms with E-state index in [9.17, 15) is 0 Å². The summed E-state index contributed by atoms with van der Waals surface area (Å²) in [4.78, 5) is 4.25. The minimum absolute atomic E-state index is 0.630. The monoisotopic (exact) mass is 333 g/mol. The van der Waals surface area contributed by atoms with Gasteiger partial charge < -0.3 is 11.1 Å². The van der Waals surface area contributed by atoms with Gasteiger partial charge >= 0.3 is 0 Å². The Morgan fingerprint density at radius 2 is 2.20 bits per heavy atom. The van der Waals surface area contributed by atoms with Crippen molar-refractivity contribution in [3.63, 3.8) is 0 Å². The van der Waals surface area contributed by atoms with E-state index >= 15 is 0 Å². The first kappa shape index (κ1) is 10.8. The molecule has 3 N–H and O–H groups in total. The molecule has 0 spiro atoms. The van der Waals surface area contributed by atoms with Gasteiger partial charge in [-0.2, -0.15) is 0 Å². The van der Waals surface area contributed by atoms with Crippen LogP contribution in [0.3, 0.4) is 0 Å². The number of nitrogens with two attached hydrogens (primary N) is 1. The summed E-state index contributed by atoms with van der Waals surface area (Å²) in [7, 11) is 1.84. The summed E-state index contributed by atoms with van der Waals surface area (Å²) in [6.07, 6.45) is 1.62. The van der Waals surface area contributed by atoms with Crippen molar-refractivity contribution >= 4 is 56.5 Å². The number of nitrogens with one attached hydrogen (secondary N) is 1. The maximum atomic E-state index is 6.08. The Bertz CT molecular complexity index is 528. The Hall–Kier alpha value is -0.750. The van der Waals surface area contributed by atoms with Crippen LogP contribution in [0.15, 0.2) is 18.3 Å². The van der Waals surface area contributed by atoms with Crippen molar-refractivity contribution in [3.05, 3.63) is 26.9 Å². The van der Waals surface area contributed by atoms with Gasteiger partial charge in [0.1, 0.15) is 0 Å². The van der Waals surface area contributed by atoms with Crippen LogP contribution in [0.2, 0.25) is 5.02 Å². The number of pyridine rings is 1. The average Bonchev–Trinajstić information content (AvgIpc) is 2.23. The van der Waals surface area contributed by atoms with Crippen LogP contribution in [0.1, 0.15) is 0 Å². The standard InChI is InChI=1S/C10H9ClIN3/c1-14-10-7(13)4-15-9-5(11)2-3-6(12)8(9)10/h2-4H,13H2,1H3,(H,14,15). The third-order valence-electron chi connectivity index (χ3n) is 2.20. The molecule has 5 heteroatoms. The first-order chi connectivity index (χ1) is 7.15. The van der Waals surface area contributed by atoms with Crippen molar-refractivity contribution in [1.29, 1.82) is 0 Å². The van der Waals surface area contributed by atoms with E-state index < -0.39 is 0 Å². The molecule has 0 fully saturated rings. The molecule has 0 bridgehead atoms. The number of fused-ring (bicyclic) bond motifs is 1. The fraction of sp³-hybridized carbons (Fsp3) is 0.100. The van der Waals surface area contributed by atoms with Gasteiger partial charge in [-0.1, -0.05) is 11.6 Å². The van der Waals surface area contributed by atoms with Gasteiger partial charge in [-0.05, 0) is 34.7 Å². The van der Waals surface area contributed by atoms with Gasteiger partial charge in [-0.15, -0.1) is 0 Å². The molecule has 0 atom stereocenters. The zero-order valence-corrected chi connectivity index (χ0v) is 10.9. The molecule has 15 heavy (non-hydrogen) atoms. The Labute approximate surface area is 106 Å². The summed E-state index contributed by atoms with van der Waals surface area (Å²) in [6, 6.07) is 3.79. The van der Waals surface area contributed by atoms with Crippen LogP contribution in [0, 0.1) is 3.57 Å². The molecule has 0 aliphatic carbocycles. The number of nitrogens with zero attached hydrogens (tertiary/aromatic N) is 1. The highest BCUT2D eigenvalue weighted by molar-refractivity contribution is 14.1. The molecule has 2 rings (SSSR count). The van der Waals surface area contributed by atoms with E-state index in [0.29, 0.717) is 10.7 Å². The van der Waals surface area contributed by atoms with Gasteiger partial charge in [0.2, 0.25) is 0 Å². The fourth-order valence-corrected chi connectivity index (χ4v) is 2.43. The van der Waals surface area contributed by atoms with E-state index in [0.717, 1.165) is 20.2 Å².